The Morgan fingerprint density at radius 1 is 1.45 bits per heavy atom. The molecule has 108 valence electrons. The van der Waals surface area contributed by atoms with Gasteiger partial charge < -0.3 is 10.1 Å². The number of nitrogens with one attached hydrogen (secondary N) is 1. The molecule has 1 amide bonds. The number of halogens is 1. The van der Waals surface area contributed by atoms with Crippen LogP contribution in [0.2, 0.25) is 5.02 Å². The summed E-state index contributed by atoms with van der Waals surface area (Å²) in [7, 11) is 0. The third kappa shape index (κ3) is 3.53. The first-order valence-electron chi connectivity index (χ1n) is 7.39. The molecule has 2 fully saturated rings. The van der Waals surface area contributed by atoms with E-state index in [-0.39, 0.29) is 11.9 Å². The minimum atomic E-state index is 0.148. The fourth-order valence-corrected chi connectivity index (χ4v) is 3.10. The Bertz CT molecular complexity index is 485. The Balaban J connectivity index is 1.42. The van der Waals surface area contributed by atoms with Crippen LogP contribution in [-0.4, -0.2) is 24.7 Å². The largest absolute Gasteiger partial charge is 0.378 e. The summed E-state index contributed by atoms with van der Waals surface area (Å²) in [5.74, 6) is 0.579. The van der Waals surface area contributed by atoms with Crippen molar-refractivity contribution in [1.82, 2.24) is 5.32 Å². The molecule has 1 aliphatic heterocycles. The van der Waals surface area contributed by atoms with Crippen LogP contribution in [0.5, 0.6) is 0 Å². The van der Waals surface area contributed by atoms with Gasteiger partial charge in [-0.2, -0.15) is 0 Å². The van der Waals surface area contributed by atoms with Crippen molar-refractivity contribution in [2.45, 2.75) is 50.2 Å². The van der Waals surface area contributed by atoms with Crippen LogP contribution in [0, 0.1) is 0 Å². The van der Waals surface area contributed by atoms with Crippen LogP contribution in [0.3, 0.4) is 0 Å². The van der Waals surface area contributed by atoms with Gasteiger partial charge in [-0.3, -0.25) is 4.79 Å². The summed E-state index contributed by atoms with van der Waals surface area (Å²) in [6.07, 6.45) is 4.97. The van der Waals surface area contributed by atoms with Gasteiger partial charge in [0.25, 0.3) is 0 Å². The highest BCUT2D eigenvalue weighted by Gasteiger charge is 2.39. The maximum atomic E-state index is 11.9. The van der Waals surface area contributed by atoms with Crippen LogP contribution in [-0.2, 0) is 9.53 Å². The zero-order valence-electron chi connectivity index (χ0n) is 11.5. The van der Waals surface area contributed by atoms with Crippen molar-refractivity contribution in [3.05, 3.63) is 34.9 Å². The zero-order chi connectivity index (χ0) is 13.9. The van der Waals surface area contributed by atoms with Crippen molar-refractivity contribution < 1.29 is 9.53 Å². The Hall–Kier alpha value is -1.06. The molecule has 0 spiro atoms. The van der Waals surface area contributed by atoms with Gasteiger partial charge in [-0.05, 0) is 43.4 Å². The normalized spacial score (nSPS) is 28.4. The van der Waals surface area contributed by atoms with Crippen LogP contribution in [0.15, 0.2) is 24.3 Å². The number of hydrogen-bond acceptors (Lipinski definition) is 2. The molecule has 1 unspecified atom stereocenters. The number of ether oxygens (including phenoxy) is 1. The molecule has 20 heavy (non-hydrogen) atoms. The molecule has 1 heterocycles. The summed E-state index contributed by atoms with van der Waals surface area (Å²) in [6.45, 7) is 0.853. The van der Waals surface area contributed by atoms with Crippen molar-refractivity contribution in [3.63, 3.8) is 0 Å². The third-order valence-electron chi connectivity index (χ3n) is 4.13. The lowest BCUT2D eigenvalue weighted by atomic mass is 10.1. The molecule has 0 radical (unpaired) electrons. The smallest absolute Gasteiger partial charge is 0.220 e. The van der Waals surface area contributed by atoms with Crippen LogP contribution >= 0.6 is 11.6 Å². The molecule has 3 rings (SSSR count). The van der Waals surface area contributed by atoms with Crippen LogP contribution < -0.4 is 5.32 Å². The number of rotatable bonds is 5. The van der Waals surface area contributed by atoms with E-state index in [4.69, 9.17) is 16.3 Å². The van der Waals surface area contributed by atoms with Crippen molar-refractivity contribution in [1.29, 1.82) is 0 Å². The molecule has 3 nitrogen and oxygen atoms in total. The van der Waals surface area contributed by atoms with Crippen molar-refractivity contribution in [2.75, 3.05) is 6.61 Å². The van der Waals surface area contributed by atoms with E-state index in [9.17, 15) is 4.79 Å². The predicted octanol–water partition coefficient (Wildman–Crippen LogP) is 3.27. The van der Waals surface area contributed by atoms with E-state index in [1.807, 2.05) is 18.2 Å². The number of carbonyl (C=O) groups excluding carboxylic acids is 1. The standard InChI is InChI=1S/C16H20ClNO2/c17-12-4-1-3-11(9-12)14-10-15(14)18-16(19)7-6-13-5-2-8-20-13/h1,3-4,9,13-15H,2,5-8,10H2,(H,18,19)/t13?,14-,15+/m0/s1. The van der Waals surface area contributed by atoms with Gasteiger partial charge in [0, 0.05) is 30.0 Å². The lowest BCUT2D eigenvalue weighted by Crippen LogP contribution is -2.27. The second-order valence-electron chi connectivity index (χ2n) is 5.74. The first kappa shape index (κ1) is 13.9. The monoisotopic (exact) mass is 293 g/mol. The number of carbonyl (C=O) groups is 1. The molecule has 1 aromatic carbocycles. The van der Waals surface area contributed by atoms with Gasteiger partial charge in [0.15, 0.2) is 0 Å². The molecule has 0 aromatic heterocycles. The highest BCUT2D eigenvalue weighted by molar-refractivity contribution is 6.30. The molecule has 4 heteroatoms. The Morgan fingerprint density at radius 2 is 2.35 bits per heavy atom. The van der Waals surface area contributed by atoms with Gasteiger partial charge >= 0.3 is 0 Å². The summed E-state index contributed by atoms with van der Waals surface area (Å²) in [5.41, 5.74) is 1.22. The summed E-state index contributed by atoms with van der Waals surface area (Å²) in [6, 6.07) is 8.19. The molecule has 1 aliphatic carbocycles. The molecule has 1 saturated carbocycles. The van der Waals surface area contributed by atoms with Crippen LogP contribution in [0.1, 0.15) is 43.6 Å². The van der Waals surface area contributed by atoms with Gasteiger partial charge in [0.2, 0.25) is 5.91 Å². The average Bonchev–Trinajstić information content (AvgIpc) is 2.99. The van der Waals surface area contributed by atoms with Crippen molar-refractivity contribution >= 4 is 17.5 Å². The van der Waals surface area contributed by atoms with Crippen LogP contribution in [0.4, 0.5) is 0 Å². The summed E-state index contributed by atoms with van der Waals surface area (Å²) < 4.78 is 5.53. The minimum absolute atomic E-state index is 0.148. The Labute approximate surface area is 124 Å². The van der Waals surface area contributed by atoms with E-state index in [0.29, 0.717) is 18.4 Å². The van der Waals surface area contributed by atoms with Gasteiger partial charge in [-0.15, -0.1) is 0 Å². The minimum Gasteiger partial charge on any atom is -0.378 e. The quantitative estimate of drug-likeness (QED) is 0.905. The molecule has 2 aliphatic rings. The SMILES string of the molecule is O=C(CCC1CCCO1)N[C@@H]1C[C@H]1c1cccc(Cl)c1. The van der Waals surface area contributed by atoms with Gasteiger partial charge in [0.05, 0.1) is 6.10 Å². The molecule has 3 atom stereocenters. The lowest BCUT2D eigenvalue weighted by Gasteiger charge is -2.09. The van der Waals surface area contributed by atoms with E-state index in [1.165, 1.54) is 5.56 Å². The van der Waals surface area contributed by atoms with Crippen molar-refractivity contribution in [2.24, 2.45) is 0 Å². The topological polar surface area (TPSA) is 38.3 Å². The molecular formula is C16H20ClNO2. The molecular weight excluding hydrogens is 274 g/mol. The number of benzene rings is 1. The molecule has 1 N–H and O–H groups in total. The van der Waals surface area contributed by atoms with Gasteiger partial charge in [-0.1, -0.05) is 23.7 Å². The van der Waals surface area contributed by atoms with Gasteiger partial charge in [0.1, 0.15) is 0 Å². The maximum absolute atomic E-state index is 11.9. The Morgan fingerprint density at radius 3 is 3.10 bits per heavy atom. The highest BCUT2D eigenvalue weighted by atomic mass is 35.5. The second kappa shape index (κ2) is 6.15. The van der Waals surface area contributed by atoms with Gasteiger partial charge in [-0.25, -0.2) is 0 Å². The summed E-state index contributed by atoms with van der Waals surface area (Å²) in [5, 5.41) is 3.87. The average molecular weight is 294 g/mol. The second-order valence-corrected chi connectivity index (χ2v) is 6.18. The molecule has 1 aromatic rings. The third-order valence-corrected chi connectivity index (χ3v) is 4.37. The molecule has 1 saturated heterocycles. The van der Waals surface area contributed by atoms with E-state index in [1.54, 1.807) is 0 Å². The first-order chi connectivity index (χ1) is 9.72. The fourth-order valence-electron chi connectivity index (χ4n) is 2.90. The fraction of sp³-hybridized carbons (Fsp3) is 0.562. The molecule has 0 bridgehead atoms. The van der Waals surface area contributed by atoms with E-state index < -0.39 is 0 Å². The van der Waals surface area contributed by atoms with Crippen molar-refractivity contribution in [3.8, 4) is 0 Å². The summed E-state index contributed by atoms with van der Waals surface area (Å²) in [4.78, 5) is 11.9. The van der Waals surface area contributed by atoms with E-state index >= 15 is 0 Å². The predicted molar refractivity (Wildman–Crippen MR) is 78.9 cm³/mol. The maximum Gasteiger partial charge on any atom is 0.220 e. The lowest BCUT2D eigenvalue weighted by molar-refractivity contribution is -0.121. The number of hydrogen-bond donors (Lipinski definition) is 1. The summed E-state index contributed by atoms with van der Waals surface area (Å²) >= 11 is 5.99. The first-order valence-corrected chi connectivity index (χ1v) is 7.76. The number of amides is 1. The van der Waals surface area contributed by atoms with Crippen LogP contribution in [0.25, 0.3) is 0 Å². The van der Waals surface area contributed by atoms with E-state index in [2.05, 4.69) is 11.4 Å². The highest BCUT2D eigenvalue weighted by Crippen LogP contribution is 2.41. The zero-order valence-corrected chi connectivity index (χ0v) is 12.2. The Kier molecular flexibility index (Phi) is 4.27. The van der Waals surface area contributed by atoms with E-state index in [0.717, 1.165) is 37.3 Å².